The van der Waals surface area contributed by atoms with Crippen molar-refractivity contribution in [1.82, 2.24) is 9.69 Å². The molecule has 2 aromatic rings. The first-order valence-electron chi connectivity index (χ1n) is 6.61. The van der Waals surface area contributed by atoms with Crippen LogP contribution < -0.4 is 10.1 Å². The van der Waals surface area contributed by atoms with E-state index in [4.69, 9.17) is 4.74 Å². The second-order valence-corrected chi connectivity index (χ2v) is 5.57. The zero-order valence-corrected chi connectivity index (χ0v) is 11.2. The lowest BCUT2D eigenvalue weighted by Gasteiger charge is -2.22. The summed E-state index contributed by atoms with van der Waals surface area (Å²) in [6.07, 6.45) is 3.77. The number of hydrogen-bond acceptors (Lipinski definition) is 4. The molecule has 1 N–H and O–H groups in total. The van der Waals surface area contributed by atoms with Gasteiger partial charge in [-0.25, -0.2) is 0 Å². The third-order valence-corrected chi connectivity index (χ3v) is 4.30. The van der Waals surface area contributed by atoms with Crippen molar-refractivity contribution in [3.8, 4) is 5.06 Å². The van der Waals surface area contributed by atoms with Gasteiger partial charge in [0.25, 0.3) is 0 Å². The molecule has 3 rings (SSSR count). The average molecular weight is 262 g/mol. The maximum atomic E-state index is 5.89. The van der Waals surface area contributed by atoms with Gasteiger partial charge in [0, 0.05) is 11.5 Å². The zero-order valence-electron chi connectivity index (χ0n) is 10.4. The Hall–Kier alpha value is -1.13. The highest BCUT2D eigenvalue weighted by Gasteiger charge is 2.13. The van der Waals surface area contributed by atoms with E-state index >= 15 is 0 Å². The molecule has 1 aliphatic rings. The molecule has 4 heteroatoms. The molecule has 0 bridgehead atoms. The summed E-state index contributed by atoms with van der Waals surface area (Å²) in [5.74, 6) is 0.776. The van der Waals surface area contributed by atoms with Gasteiger partial charge in [0.1, 0.15) is 0 Å². The highest BCUT2D eigenvalue weighted by molar-refractivity contribution is 7.09. The molecule has 0 aliphatic carbocycles. The number of hydrogen-bond donors (Lipinski definition) is 1. The zero-order chi connectivity index (χ0) is 12.2. The number of rotatable bonds is 4. The maximum Gasteiger partial charge on any atom is 0.201 e. The summed E-state index contributed by atoms with van der Waals surface area (Å²) in [5, 5.41) is 5.55. The van der Waals surface area contributed by atoms with Crippen LogP contribution in [0.3, 0.4) is 0 Å². The van der Waals surface area contributed by atoms with Crippen LogP contribution in [0.1, 0.15) is 19.3 Å². The van der Waals surface area contributed by atoms with E-state index in [1.165, 1.54) is 30.9 Å². The Labute approximate surface area is 111 Å². The first-order valence-corrected chi connectivity index (χ1v) is 7.39. The van der Waals surface area contributed by atoms with Gasteiger partial charge in [-0.3, -0.25) is 0 Å². The van der Waals surface area contributed by atoms with E-state index in [2.05, 4.69) is 15.8 Å². The normalized spacial score (nSPS) is 20.1. The minimum atomic E-state index is 0.776. The van der Waals surface area contributed by atoms with Gasteiger partial charge in [-0.05, 0) is 50.4 Å². The van der Waals surface area contributed by atoms with E-state index in [1.807, 2.05) is 18.2 Å². The summed E-state index contributed by atoms with van der Waals surface area (Å²) in [4.78, 5) is 0. The van der Waals surface area contributed by atoms with Gasteiger partial charge in [0.15, 0.2) is 0 Å². The average Bonchev–Trinajstić information content (AvgIpc) is 2.84. The minimum absolute atomic E-state index is 0.776. The van der Waals surface area contributed by atoms with Gasteiger partial charge in [-0.2, -0.15) is 4.37 Å². The summed E-state index contributed by atoms with van der Waals surface area (Å²) in [7, 11) is 0. The third-order valence-electron chi connectivity index (χ3n) is 3.51. The Kier molecular flexibility index (Phi) is 3.76. The van der Waals surface area contributed by atoms with Crippen LogP contribution >= 0.6 is 11.5 Å². The molecule has 0 saturated carbocycles. The van der Waals surface area contributed by atoms with Crippen molar-refractivity contribution in [2.24, 2.45) is 5.92 Å². The number of piperidine rings is 1. The van der Waals surface area contributed by atoms with Crippen LogP contribution in [-0.2, 0) is 0 Å². The van der Waals surface area contributed by atoms with E-state index in [-0.39, 0.29) is 0 Å². The van der Waals surface area contributed by atoms with Gasteiger partial charge < -0.3 is 10.1 Å². The second-order valence-electron chi connectivity index (χ2n) is 4.84. The van der Waals surface area contributed by atoms with E-state index in [1.54, 1.807) is 0 Å². The number of nitrogens with zero attached hydrogens (tertiary/aromatic N) is 1. The lowest BCUT2D eigenvalue weighted by Crippen LogP contribution is -2.30. The van der Waals surface area contributed by atoms with Crippen molar-refractivity contribution < 1.29 is 4.74 Å². The molecule has 1 aromatic carbocycles. The molecule has 1 aromatic heterocycles. The number of benzene rings is 1. The summed E-state index contributed by atoms with van der Waals surface area (Å²) in [6.45, 7) is 3.13. The fourth-order valence-corrected chi connectivity index (χ4v) is 3.21. The molecule has 0 radical (unpaired) electrons. The monoisotopic (exact) mass is 262 g/mol. The third kappa shape index (κ3) is 2.65. The van der Waals surface area contributed by atoms with E-state index in [0.29, 0.717) is 0 Å². The van der Waals surface area contributed by atoms with Crippen LogP contribution in [0.5, 0.6) is 5.06 Å². The first kappa shape index (κ1) is 11.9. The molecule has 1 aliphatic heterocycles. The van der Waals surface area contributed by atoms with Crippen LogP contribution in [0.2, 0.25) is 0 Å². The molecule has 1 atom stereocenters. The van der Waals surface area contributed by atoms with Crippen molar-refractivity contribution in [2.75, 3.05) is 19.7 Å². The van der Waals surface area contributed by atoms with Gasteiger partial charge in [-0.15, -0.1) is 0 Å². The molecule has 0 spiro atoms. The van der Waals surface area contributed by atoms with Crippen LogP contribution in [0, 0.1) is 5.92 Å². The van der Waals surface area contributed by atoms with Crippen LogP contribution in [0.15, 0.2) is 24.3 Å². The minimum Gasteiger partial charge on any atom is -0.482 e. The smallest absolute Gasteiger partial charge is 0.201 e. The van der Waals surface area contributed by atoms with E-state index in [0.717, 1.165) is 41.5 Å². The quantitative estimate of drug-likeness (QED) is 0.919. The fourth-order valence-electron chi connectivity index (χ4n) is 2.46. The second kappa shape index (κ2) is 5.67. The summed E-state index contributed by atoms with van der Waals surface area (Å²) in [6, 6.07) is 8.16. The molecule has 2 heterocycles. The number of aromatic nitrogens is 1. The van der Waals surface area contributed by atoms with Crippen molar-refractivity contribution in [2.45, 2.75) is 19.3 Å². The lowest BCUT2D eigenvalue weighted by molar-refractivity contribution is 0.261. The molecule has 3 nitrogen and oxygen atoms in total. The van der Waals surface area contributed by atoms with Gasteiger partial charge in [0.2, 0.25) is 5.06 Å². The first-order chi connectivity index (χ1) is 8.93. The number of ether oxygens (including phenoxy) is 1. The van der Waals surface area contributed by atoms with Crippen molar-refractivity contribution >= 4 is 22.4 Å². The van der Waals surface area contributed by atoms with Crippen LogP contribution in [0.4, 0.5) is 0 Å². The van der Waals surface area contributed by atoms with Crippen LogP contribution in [0.25, 0.3) is 10.9 Å². The Morgan fingerprint density at radius 3 is 3.22 bits per heavy atom. The fraction of sp³-hybridized carbons (Fsp3) is 0.500. The van der Waals surface area contributed by atoms with Gasteiger partial charge in [0.05, 0.1) is 17.5 Å². The van der Waals surface area contributed by atoms with E-state index < -0.39 is 0 Å². The summed E-state index contributed by atoms with van der Waals surface area (Å²) >= 11 is 1.46. The van der Waals surface area contributed by atoms with Crippen molar-refractivity contribution in [3.63, 3.8) is 0 Å². The Morgan fingerprint density at radius 2 is 2.33 bits per heavy atom. The molecular weight excluding hydrogens is 244 g/mol. The SMILES string of the molecule is c1ccc2c(OCCC3CCCNC3)snc2c1. The Bertz CT molecular complexity index is 505. The molecule has 1 saturated heterocycles. The predicted octanol–water partition coefficient (Wildman–Crippen LogP) is 3.06. The molecule has 1 fully saturated rings. The predicted molar refractivity (Wildman–Crippen MR) is 75.3 cm³/mol. The molecular formula is C14H18N2OS. The highest BCUT2D eigenvalue weighted by Crippen LogP contribution is 2.30. The standard InChI is InChI=1S/C14H18N2OS/c1-2-6-13-12(5-1)14(18-16-13)17-9-7-11-4-3-8-15-10-11/h1-2,5-6,11,15H,3-4,7-10H2. The largest absolute Gasteiger partial charge is 0.482 e. The molecule has 18 heavy (non-hydrogen) atoms. The van der Waals surface area contributed by atoms with Gasteiger partial charge in [-0.1, -0.05) is 12.1 Å². The van der Waals surface area contributed by atoms with Crippen molar-refractivity contribution in [3.05, 3.63) is 24.3 Å². The Morgan fingerprint density at radius 1 is 1.39 bits per heavy atom. The summed E-state index contributed by atoms with van der Waals surface area (Å²) < 4.78 is 10.3. The van der Waals surface area contributed by atoms with E-state index in [9.17, 15) is 0 Å². The maximum absolute atomic E-state index is 5.89. The highest BCUT2D eigenvalue weighted by atomic mass is 32.1. The van der Waals surface area contributed by atoms with Crippen molar-refractivity contribution in [1.29, 1.82) is 0 Å². The molecule has 96 valence electrons. The summed E-state index contributed by atoms with van der Waals surface area (Å²) in [5.41, 5.74) is 1.04. The number of fused-ring (bicyclic) bond motifs is 1. The van der Waals surface area contributed by atoms with Gasteiger partial charge >= 0.3 is 0 Å². The molecule has 1 unspecified atom stereocenters. The number of nitrogens with one attached hydrogen (secondary N) is 1. The van der Waals surface area contributed by atoms with Crippen LogP contribution in [-0.4, -0.2) is 24.1 Å². The molecule has 0 amide bonds. The Balaban J connectivity index is 1.56. The lowest BCUT2D eigenvalue weighted by atomic mass is 9.97. The topological polar surface area (TPSA) is 34.1 Å².